The summed E-state index contributed by atoms with van der Waals surface area (Å²) in [4.78, 5) is 25.9. The average Bonchev–Trinajstić information content (AvgIpc) is 2.82. The fourth-order valence-electron chi connectivity index (χ4n) is 2.98. The number of carboxylic acids is 1. The van der Waals surface area contributed by atoms with Crippen LogP contribution in [0.1, 0.15) is 30.0 Å². The summed E-state index contributed by atoms with van der Waals surface area (Å²) < 4.78 is 13.4. The number of nitrogens with one attached hydrogen (secondary N) is 2. The minimum Gasteiger partial charge on any atom is -0.480 e. The van der Waals surface area contributed by atoms with Crippen molar-refractivity contribution < 1.29 is 19.1 Å². The minimum absolute atomic E-state index is 0.301. The molecule has 21 heavy (non-hydrogen) atoms. The van der Waals surface area contributed by atoms with Crippen LogP contribution >= 0.6 is 0 Å². The lowest BCUT2D eigenvalue weighted by atomic mass is 9.86. The van der Waals surface area contributed by atoms with Gasteiger partial charge < -0.3 is 15.4 Å². The lowest BCUT2D eigenvalue weighted by Gasteiger charge is -2.21. The number of hydrogen-bond donors (Lipinski definition) is 3. The Morgan fingerprint density at radius 1 is 1.43 bits per heavy atom. The molecule has 0 radical (unpaired) electrons. The van der Waals surface area contributed by atoms with Gasteiger partial charge in [0.15, 0.2) is 0 Å². The van der Waals surface area contributed by atoms with Crippen LogP contribution in [-0.2, 0) is 16.0 Å². The van der Waals surface area contributed by atoms with Gasteiger partial charge >= 0.3 is 5.97 Å². The Bertz CT molecular complexity index is 723. The van der Waals surface area contributed by atoms with Gasteiger partial charge in [-0.15, -0.1) is 0 Å². The summed E-state index contributed by atoms with van der Waals surface area (Å²) in [6, 6.07) is 4.52. The molecule has 1 unspecified atom stereocenters. The summed E-state index contributed by atoms with van der Waals surface area (Å²) in [5.41, 5.74) is 2.55. The predicted octanol–water partition coefficient (Wildman–Crippen LogP) is 1.93. The van der Waals surface area contributed by atoms with Crippen molar-refractivity contribution in [1.82, 2.24) is 10.3 Å². The standard InChI is InChI=1S/C15H15FN2O3/c16-8-4-5-12-11(6-8)9-2-1-3-10(14(9)18-12)15(21)17-7-13(19)20/h4-6,10,18H,1-3,7H2,(H,17,21)(H,19,20). The number of carbonyl (C=O) groups excluding carboxylic acids is 1. The first-order chi connectivity index (χ1) is 10.1. The monoisotopic (exact) mass is 290 g/mol. The van der Waals surface area contributed by atoms with E-state index in [1.54, 1.807) is 6.07 Å². The Morgan fingerprint density at radius 3 is 3.00 bits per heavy atom. The maximum atomic E-state index is 13.4. The van der Waals surface area contributed by atoms with E-state index in [9.17, 15) is 14.0 Å². The number of amides is 1. The van der Waals surface area contributed by atoms with Crippen molar-refractivity contribution in [1.29, 1.82) is 0 Å². The average molecular weight is 290 g/mol. The molecular formula is C15H15FN2O3. The Balaban J connectivity index is 1.96. The minimum atomic E-state index is -1.07. The van der Waals surface area contributed by atoms with Crippen LogP contribution in [-0.4, -0.2) is 28.5 Å². The Kier molecular flexibility index (Phi) is 3.37. The third-order valence-corrected chi connectivity index (χ3v) is 3.90. The molecule has 1 heterocycles. The fourth-order valence-corrected chi connectivity index (χ4v) is 2.98. The number of rotatable bonds is 3. The Labute approximate surface area is 120 Å². The number of hydrogen-bond acceptors (Lipinski definition) is 2. The molecule has 5 nitrogen and oxygen atoms in total. The quantitative estimate of drug-likeness (QED) is 0.807. The third kappa shape index (κ3) is 2.49. The maximum Gasteiger partial charge on any atom is 0.322 e. The van der Waals surface area contributed by atoms with E-state index in [4.69, 9.17) is 5.11 Å². The van der Waals surface area contributed by atoms with Crippen molar-refractivity contribution in [3.8, 4) is 0 Å². The molecular weight excluding hydrogens is 275 g/mol. The molecule has 1 aromatic heterocycles. The topological polar surface area (TPSA) is 82.2 Å². The van der Waals surface area contributed by atoms with E-state index >= 15 is 0 Å². The number of carboxylic acid groups (broad SMARTS) is 1. The first-order valence-corrected chi connectivity index (χ1v) is 6.86. The van der Waals surface area contributed by atoms with Gasteiger partial charge in [0, 0.05) is 16.6 Å². The molecule has 2 aromatic rings. The number of benzene rings is 1. The first-order valence-electron chi connectivity index (χ1n) is 6.86. The molecule has 1 amide bonds. The molecule has 0 aliphatic heterocycles. The third-order valence-electron chi connectivity index (χ3n) is 3.90. The highest BCUT2D eigenvalue weighted by Gasteiger charge is 2.29. The second-order valence-electron chi connectivity index (χ2n) is 5.26. The second kappa shape index (κ2) is 5.20. The summed E-state index contributed by atoms with van der Waals surface area (Å²) in [6.07, 6.45) is 2.27. The summed E-state index contributed by atoms with van der Waals surface area (Å²) in [5.74, 6) is -2.08. The van der Waals surface area contributed by atoms with Gasteiger partial charge in [-0.05, 0) is 43.0 Å². The summed E-state index contributed by atoms with van der Waals surface area (Å²) >= 11 is 0. The zero-order valence-electron chi connectivity index (χ0n) is 11.3. The highest BCUT2D eigenvalue weighted by atomic mass is 19.1. The first kappa shape index (κ1) is 13.6. The number of fused-ring (bicyclic) bond motifs is 3. The van der Waals surface area contributed by atoms with Gasteiger partial charge in [0.25, 0.3) is 0 Å². The van der Waals surface area contributed by atoms with Crippen molar-refractivity contribution >= 4 is 22.8 Å². The van der Waals surface area contributed by atoms with E-state index in [1.165, 1.54) is 12.1 Å². The Hall–Kier alpha value is -2.37. The largest absolute Gasteiger partial charge is 0.480 e. The van der Waals surface area contributed by atoms with E-state index < -0.39 is 11.9 Å². The lowest BCUT2D eigenvalue weighted by Crippen LogP contribution is -2.34. The van der Waals surface area contributed by atoms with Crippen molar-refractivity contribution in [2.75, 3.05) is 6.54 Å². The van der Waals surface area contributed by atoms with Crippen LogP contribution in [0.25, 0.3) is 10.9 Å². The smallest absolute Gasteiger partial charge is 0.322 e. The molecule has 1 aromatic carbocycles. The van der Waals surface area contributed by atoms with Crippen LogP contribution in [0.15, 0.2) is 18.2 Å². The van der Waals surface area contributed by atoms with Crippen LogP contribution in [0.3, 0.4) is 0 Å². The molecule has 1 aliphatic rings. The number of aromatic amines is 1. The molecule has 0 saturated heterocycles. The van der Waals surface area contributed by atoms with E-state index in [-0.39, 0.29) is 18.3 Å². The number of carbonyl (C=O) groups is 2. The molecule has 1 atom stereocenters. The predicted molar refractivity (Wildman–Crippen MR) is 74.6 cm³/mol. The van der Waals surface area contributed by atoms with Gasteiger partial charge in [-0.3, -0.25) is 9.59 Å². The van der Waals surface area contributed by atoms with Crippen LogP contribution in [0.5, 0.6) is 0 Å². The van der Waals surface area contributed by atoms with Crippen molar-refractivity contribution in [3.05, 3.63) is 35.3 Å². The molecule has 6 heteroatoms. The van der Waals surface area contributed by atoms with E-state index in [0.29, 0.717) is 6.42 Å². The molecule has 110 valence electrons. The highest BCUT2D eigenvalue weighted by molar-refractivity contribution is 5.91. The summed E-state index contributed by atoms with van der Waals surface area (Å²) in [6.45, 7) is -0.389. The number of H-pyrrole nitrogens is 1. The SMILES string of the molecule is O=C(O)CNC(=O)C1CCCc2c1[nH]c1ccc(F)cc21. The number of aryl methyl sites for hydroxylation is 1. The summed E-state index contributed by atoms with van der Waals surface area (Å²) in [5, 5.41) is 11.9. The molecule has 0 bridgehead atoms. The van der Waals surface area contributed by atoms with Crippen LogP contribution < -0.4 is 5.32 Å². The maximum absolute atomic E-state index is 13.4. The number of halogens is 1. The van der Waals surface area contributed by atoms with Crippen LogP contribution in [0.4, 0.5) is 4.39 Å². The van der Waals surface area contributed by atoms with Gasteiger partial charge in [0.05, 0.1) is 5.92 Å². The lowest BCUT2D eigenvalue weighted by molar-refractivity contribution is -0.138. The Morgan fingerprint density at radius 2 is 2.24 bits per heavy atom. The normalized spacial score (nSPS) is 17.5. The zero-order chi connectivity index (χ0) is 15.0. The van der Waals surface area contributed by atoms with Gasteiger partial charge in [0.1, 0.15) is 12.4 Å². The molecule has 1 aliphatic carbocycles. The van der Waals surface area contributed by atoms with Crippen LogP contribution in [0, 0.1) is 5.82 Å². The van der Waals surface area contributed by atoms with Gasteiger partial charge in [-0.2, -0.15) is 0 Å². The van der Waals surface area contributed by atoms with Gasteiger partial charge in [-0.1, -0.05) is 0 Å². The molecule has 0 saturated carbocycles. The molecule has 3 rings (SSSR count). The molecule has 0 spiro atoms. The van der Waals surface area contributed by atoms with Crippen LogP contribution in [0.2, 0.25) is 0 Å². The second-order valence-corrected chi connectivity index (χ2v) is 5.26. The molecule has 3 N–H and O–H groups in total. The fraction of sp³-hybridized carbons (Fsp3) is 0.333. The molecule has 0 fully saturated rings. The number of aliphatic carboxylic acids is 1. The summed E-state index contributed by atoms with van der Waals surface area (Å²) in [7, 11) is 0. The van der Waals surface area contributed by atoms with E-state index in [2.05, 4.69) is 10.3 Å². The van der Waals surface area contributed by atoms with Gasteiger partial charge in [-0.25, -0.2) is 4.39 Å². The van der Waals surface area contributed by atoms with E-state index in [1.807, 2.05) is 0 Å². The zero-order valence-corrected chi connectivity index (χ0v) is 11.3. The van der Waals surface area contributed by atoms with Crippen molar-refractivity contribution in [3.63, 3.8) is 0 Å². The van der Waals surface area contributed by atoms with Crippen molar-refractivity contribution in [2.45, 2.75) is 25.2 Å². The highest BCUT2D eigenvalue weighted by Crippen LogP contribution is 2.36. The number of aromatic nitrogens is 1. The van der Waals surface area contributed by atoms with E-state index in [0.717, 1.165) is 35.0 Å². The van der Waals surface area contributed by atoms with Gasteiger partial charge in [0.2, 0.25) is 5.91 Å². The van der Waals surface area contributed by atoms with Crippen molar-refractivity contribution in [2.24, 2.45) is 0 Å².